The minimum Gasteiger partial charge on any atom is -0.342 e. The zero-order valence-electron chi connectivity index (χ0n) is 15.1. The van der Waals surface area contributed by atoms with Crippen molar-refractivity contribution in [2.75, 3.05) is 0 Å². The predicted octanol–water partition coefficient (Wildman–Crippen LogP) is 6.31. The molecule has 23 heavy (non-hydrogen) atoms. The molecule has 0 amide bonds. The maximum Gasteiger partial charge on any atom is 2.00 e. The zero-order valence-corrected chi connectivity index (χ0v) is 17.5. The van der Waals surface area contributed by atoms with Gasteiger partial charge in [0.15, 0.2) is 0 Å². The summed E-state index contributed by atoms with van der Waals surface area (Å²) in [4.78, 5) is 0. The summed E-state index contributed by atoms with van der Waals surface area (Å²) >= 11 is 0. The molecule has 0 aromatic heterocycles. The van der Waals surface area contributed by atoms with Crippen molar-refractivity contribution in [2.45, 2.75) is 52.4 Å². The molecule has 1 heteroatoms. The van der Waals surface area contributed by atoms with E-state index in [0.717, 1.165) is 0 Å². The normalized spacial score (nSPS) is 18.8. The summed E-state index contributed by atoms with van der Waals surface area (Å²) in [7, 11) is 0. The topological polar surface area (TPSA) is 0 Å². The van der Waals surface area contributed by atoms with E-state index in [0.29, 0.717) is 11.8 Å². The Morgan fingerprint density at radius 1 is 0.565 bits per heavy atom. The largest absolute Gasteiger partial charge is 2.00 e. The van der Waals surface area contributed by atoms with E-state index < -0.39 is 0 Å². The Morgan fingerprint density at radius 3 is 0.957 bits per heavy atom. The monoisotopic (exact) mass is 388 g/mol. The van der Waals surface area contributed by atoms with Gasteiger partial charge in [0.25, 0.3) is 0 Å². The maximum atomic E-state index is 4.17. The summed E-state index contributed by atoms with van der Waals surface area (Å²) in [5.41, 5.74) is 0. The molecule has 0 saturated heterocycles. The Kier molecular flexibility index (Phi) is 23.8. The van der Waals surface area contributed by atoms with Crippen LogP contribution in [-0.4, -0.2) is 0 Å². The summed E-state index contributed by atoms with van der Waals surface area (Å²) in [5.74, 6) is 1.16. The first kappa shape index (κ1) is 26.1. The van der Waals surface area contributed by atoms with Crippen LogP contribution in [0.2, 0.25) is 0 Å². The number of rotatable bonds is 7. The molecular weight excluding hydrogens is 355 g/mol. The number of hydrogen-bond acceptors (Lipinski definition) is 0. The van der Waals surface area contributed by atoms with Gasteiger partial charge in [0.05, 0.1) is 0 Å². The van der Waals surface area contributed by atoms with Crippen LogP contribution >= 0.6 is 0 Å². The van der Waals surface area contributed by atoms with Crippen molar-refractivity contribution in [1.29, 1.82) is 0 Å². The molecule has 0 aromatic carbocycles. The molecule has 0 N–H and O–H groups in total. The van der Waals surface area contributed by atoms with Gasteiger partial charge in [-0.25, -0.2) is 0 Å². The van der Waals surface area contributed by atoms with Crippen LogP contribution in [0.5, 0.6) is 0 Å². The van der Waals surface area contributed by atoms with E-state index in [2.05, 4.69) is 27.7 Å². The van der Waals surface area contributed by atoms with E-state index in [1.165, 1.54) is 38.5 Å². The Labute approximate surface area is 168 Å². The summed E-state index contributed by atoms with van der Waals surface area (Å²) in [6.07, 6.45) is 27.7. The average molecular weight is 390 g/mol. The smallest absolute Gasteiger partial charge is 0.342 e. The van der Waals surface area contributed by atoms with Crippen LogP contribution in [0.3, 0.4) is 0 Å². The van der Waals surface area contributed by atoms with Crippen molar-refractivity contribution in [3.8, 4) is 0 Å². The fourth-order valence-corrected chi connectivity index (χ4v) is 2.05. The fourth-order valence-electron chi connectivity index (χ4n) is 2.05. The van der Waals surface area contributed by atoms with E-state index in [1.807, 2.05) is 64.2 Å². The van der Waals surface area contributed by atoms with Gasteiger partial charge in [-0.1, -0.05) is 52.4 Å². The molecule has 2 atom stereocenters. The van der Waals surface area contributed by atoms with Crippen LogP contribution in [0.1, 0.15) is 52.4 Å². The van der Waals surface area contributed by atoms with Crippen molar-refractivity contribution in [1.82, 2.24) is 0 Å². The molecule has 0 aliphatic heterocycles. The predicted molar refractivity (Wildman–Crippen MR) is 99.7 cm³/mol. The van der Waals surface area contributed by atoms with Crippen LogP contribution in [0, 0.1) is 89.9 Å². The Bertz CT molecular complexity index is 157. The summed E-state index contributed by atoms with van der Waals surface area (Å²) in [6.45, 7) is 12.8. The second kappa shape index (κ2) is 20.9. The molecule has 2 saturated carbocycles. The minimum atomic E-state index is 0. The second-order valence-corrected chi connectivity index (χ2v) is 5.73. The Hall–Kier alpha value is 0.883. The molecule has 2 fully saturated rings. The van der Waals surface area contributed by atoms with E-state index >= 15 is 0 Å². The third kappa shape index (κ3) is 19.1. The molecule has 2 rings (SSSR count). The van der Waals surface area contributed by atoms with Crippen molar-refractivity contribution in [3.63, 3.8) is 0 Å². The van der Waals surface area contributed by atoms with Crippen molar-refractivity contribution in [3.05, 3.63) is 78.1 Å². The average Bonchev–Trinajstić information content (AvgIpc) is 3.27. The Balaban J connectivity index is 0. The third-order valence-corrected chi connectivity index (χ3v) is 3.63. The molecule has 0 nitrogen and oxygen atoms in total. The van der Waals surface area contributed by atoms with Gasteiger partial charge in [-0.2, -0.15) is 11.8 Å². The SMILES string of the molecule is [CH2-][C@H](CCCC)[C@H]([CH2-])CCCC.[CH]1[CH][CH][CH][CH]1.[CH]1[CH][CH][CH][CH]1.[Zr+2]. The van der Waals surface area contributed by atoms with Crippen LogP contribution in [0.25, 0.3) is 0 Å². The zero-order chi connectivity index (χ0) is 16.5. The third-order valence-electron chi connectivity index (χ3n) is 3.63. The molecule has 0 spiro atoms. The van der Waals surface area contributed by atoms with Gasteiger partial charge in [-0.3, -0.25) is 0 Å². The second-order valence-electron chi connectivity index (χ2n) is 5.73. The quantitative estimate of drug-likeness (QED) is 0.448. The van der Waals surface area contributed by atoms with Crippen molar-refractivity contribution < 1.29 is 26.2 Å². The van der Waals surface area contributed by atoms with Gasteiger partial charge < -0.3 is 13.8 Å². The molecule has 10 radical (unpaired) electrons. The van der Waals surface area contributed by atoms with Gasteiger partial charge in [-0.15, -0.1) is 0 Å². The fraction of sp³-hybridized carbons (Fsp3) is 0.455. The first-order valence-corrected chi connectivity index (χ1v) is 8.71. The van der Waals surface area contributed by atoms with Gasteiger partial charge in [0.2, 0.25) is 0 Å². The van der Waals surface area contributed by atoms with Crippen molar-refractivity contribution >= 4 is 0 Å². The van der Waals surface area contributed by atoms with Crippen LogP contribution in [-0.2, 0) is 26.2 Å². The minimum absolute atomic E-state index is 0. The van der Waals surface area contributed by atoms with E-state index in [4.69, 9.17) is 0 Å². The maximum absolute atomic E-state index is 4.17. The molecule has 0 bridgehead atoms. The first-order valence-electron chi connectivity index (χ1n) is 8.71. The van der Waals surface area contributed by atoms with Gasteiger partial charge in [-0.05, 0) is 64.2 Å². The molecule has 2 aliphatic rings. The Morgan fingerprint density at radius 2 is 0.783 bits per heavy atom. The molecule has 126 valence electrons. The summed E-state index contributed by atoms with van der Waals surface area (Å²) in [6, 6.07) is 0. The van der Waals surface area contributed by atoms with Crippen LogP contribution in [0.4, 0.5) is 0 Å². The summed E-state index contributed by atoms with van der Waals surface area (Å²) in [5, 5.41) is 0. The number of unbranched alkanes of at least 4 members (excludes halogenated alkanes) is 2. The van der Waals surface area contributed by atoms with Crippen molar-refractivity contribution in [2.24, 2.45) is 11.8 Å². The van der Waals surface area contributed by atoms with Gasteiger partial charge >= 0.3 is 26.2 Å². The van der Waals surface area contributed by atoms with E-state index in [-0.39, 0.29) is 26.2 Å². The molecular formula is C22H34Zr. The van der Waals surface area contributed by atoms with Crippen LogP contribution < -0.4 is 0 Å². The van der Waals surface area contributed by atoms with Crippen LogP contribution in [0.15, 0.2) is 0 Å². The molecule has 0 aromatic rings. The molecule has 0 unspecified atom stereocenters. The standard InChI is InChI=1S/C12H24.2C5H5.Zr/c1-5-7-9-11(3)12(4)10-8-6-2;2*1-2-4-5-3-1;/h11-12H,3-10H2,1-2H3;2*1-5H;/q-2;;;+2/t11-,12-;;;/m1.../s1. The van der Waals surface area contributed by atoms with E-state index in [1.54, 1.807) is 0 Å². The van der Waals surface area contributed by atoms with Gasteiger partial charge in [0, 0.05) is 0 Å². The molecule has 0 heterocycles. The number of hydrogen-bond donors (Lipinski definition) is 0. The molecule has 2 aliphatic carbocycles. The van der Waals surface area contributed by atoms with Gasteiger partial charge in [0.1, 0.15) is 0 Å². The van der Waals surface area contributed by atoms with E-state index in [9.17, 15) is 0 Å². The first-order chi connectivity index (χ1) is 10.7. The summed E-state index contributed by atoms with van der Waals surface area (Å²) < 4.78 is 0.